The summed E-state index contributed by atoms with van der Waals surface area (Å²) < 4.78 is 5.29. The molecular formula is C14H20N2O3. The Morgan fingerprint density at radius 1 is 1.47 bits per heavy atom. The molecule has 2 rings (SSSR count). The molecule has 0 aliphatic carbocycles. The van der Waals surface area contributed by atoms with Crippen molar-refractivity contribution in [2.75, 3.05) is 25.1 Å². The van der Waals surface area contributed by atoms with Crippen molar-refractivity contribution in [3.05, 3.63) is 23.8 Å². The summed E-state index contributed by atoms with van der Waals surface area (Å²) in [5.74, 6) is 0.154. The molecule has 1 saturated heterocycles. The molecule has 0 saturated carbocycles. The van der Waals surface area contributed by atoms with Crippen molar-refractivity contribution in [1.82, 2.24) is 0 Å². The van der Waals surface area contributed by atoms with E-state index in [4.69, 9.17) is 10.5 Å². The van der Waals surface area contributed by atoms with Crippen molar-refractivity contribution in [3.63, 3.8) is 0 Å². The van der Waals surface area contributed by atoms with Gasteiger partial charge in [-0.2, -0.15) is 0 Å². The standard InChI is InChI=1S/C14H20N2O3/c1-10-8-11(2-3-12(10)17)16-13(18)14(9-15)4-6-19-7-5-14/h2-3,8,17H,4-7,9,15H2,1H3,(H,16,18). The average molecular weight is 264 g/mol. The quantitative estimate of drug-likeness (QED) is 0.720. The smallest absolute Gasteiger partial charge is 0.232 e. The number of hydrogen-bond donors (Lipinski definition) is 3. The Bertz CT molecular complexity index is 468. The molecule has 5 heteroatoms. The second-order valence-electron chi connectivity index (χ2n) is 5.05. The van der Waals surface area contributed by atoms with Crippen LogP contribution in [0.15, 0.2) is 18.2 Å². The first-order chi connectivity index (χ1) is 9.07. The van der Waals surface area contributed by atoms with Gasteiger partial charge in [0.2, 0.25) is 5.91 Å². The number of ether oxygens (including phenoxy) is 1. The summed E-state index contributed by atoms with van der Waals surface area (Å²) in [6.07, 6.45) is 1.29. The molecule has 0 radical (unpaired) electrons. The van der Waals surface area contributed by atoms with Crippen molar-refractivity contribution in [2.45, 2.75) is 19.8 Å². The number of carbonyl (C=O) groups excluding carboxylic acids is 1. The zero-order valence-electron chi connectivity index (χ0n) is 11.1. The van der Waals surface area contributed by atoms with Gasteiger partial charge in [-0.1, -0.05) is 0 Å². The first kappa shape index (κ1) is 13.8. The summed E-state index contributed by atoms with van der Waals surface area (Å²) in [5, 5.41) is 12.4. The Hall–Kier alpha value is -1.59. The summed E-state index contributed by atoms with van der Waals surface area (Å²) >= 11 is 0. The maximum Gasteiger partial charge on any atom is 0.232 e. The van der Waals surface area contributed by atoms with Gasteiger partial charge in [0.15, 0.2) is 0 Å². The topological polar surface area (TPSA) is 84.6 Å². The summed E-state index contributed by atoms with van der Waals surface area (Å²) in [7, 11) is 0. The minimum atomic E-state index is -0.538. The fourth-order valence-electron chi connectivity index (χ4n) is 2.28. The Morgan fingerprint density at radius 3 is 2.74 bits per heavy atom. The number of phenols is 1. The van der Waals surface area contributed by atoms with Gasteiger partial charge in [0.1, 0.15) is 5.75 Å². The summed E-state index contributed by atoms with van der Waals surface area (Å²) in [4.78, 5) is 12.4. The van der Waals surface area contributed by atoms with Crippen molar-refractivity contribution in [2.24, 2.45) is 11.1 Å². The average Bonchev–Trinajstić information content (AvgIpc) is 2.43. The SMILES string of the molecule is Cc1cc(NC(=O)C2(CN)CCOCC2)ccc1O. The molecule has 1 aliphatic rings. The number of rotatable bonds is 3. The highest BCUT2D eigenvalue weighted by Gasteiger charge is 2.38. The molecule has 1 amide bonds. The third-order valence-electron chi connectivity index (χ3n) is 3.78. The zero-order chi connectivity index (χ0) is 13.9. The second kappa shape index (κ2) is 5.59. The Kier molecular flexibility index (Phi) is 4.07. The van der Waals surface area contributed by atoms with Crippen LogP contribution in [0.4, 0.5) is 5.69 Å². The maximum absolute atomic E-state index is 12.4. The third kappa shape index (κ3) is 2.88. The Morgan fingerprint density at radius 2 is 2.16 bits per heavy atom. The number of aromatic hydroxyl groups is 1. The largest absolute Gasteiger partial charge is 0.508 e. The first-order valence-corrected chi connectivity index (χ1v) is 6.46. The van der Waals surface area contributed by atoms with E-state index >= 15 is 0 Å². The van der Waals surface area contributed by atoms with E-state index in [2.05, 4.69) is 5.32 Å². The van der Waals surface area contributed by atoms with Crippen LogP contribution in [-0.4, -0.2) is 30.8 Å². The highest BCUT2D eigenvalue weighted by molar-refractivity contribution is 5.95. The number of hydrogen-bond acceptors (Lipinski definition) is 4. The number of anilines is 1. The van der Waals surface area contributed by atoms with Crippen molar-refractivity contribution in [1.29, 1.82) is 0 Å². The monoisotopic (exact) mass is 264 g/mol. The Labute approximate surface area is 112 Å². The van der Waals surface area contributed by atoms with E-state index < -0.39 is 5.41 Å². The molecule has 5 nitrogen and oxygen atoms in total. The lowest BCUT2D eigenvalue weighted by Gasteiger charge is -2.34. The number of nitrogens with one attached hydrogen (secondary N) is 1. The fourth-order valence-corrected chi connectivity index (χ4v) is 2.28. The van der Waals surface area contributed by atoms with Crippen molar-refractivity contribution in [3.8, 4) is 5.75 Å². The number of phenolic OH excluding ortho intramolecular Hbond substituents is 1. The minimum absolute atomic E-state index is 0.0663. The number of amides is 1. The molecule has 0 bridgehead atoms. The summed E-state index contributed by atoms with van der Waals surface area (Å²) in [6.45, 7) is 3.25. The molecule has 1 heterocycles. The van der Waals surface area contributed by atoms with Crippen LogP contribution in [0, 0.1) is 12.3 Å². The number of nitrogens with two attached hydrogens (primary N) is 1. The predicted molar refractivity (Wildman–Crippen MR) is 73.0 cm³/mol. The first-order valence-electron chi connectivity index (χ1n) is 6.46. The maximum atomic E-state index is 12.4. The number of aryl methyl sites for hydroxylation is 1. The lowest BCUT2D eigenvalue weighted by molar-refractivity contribution is -0.130. The van der Waals surface area contributed by atoms with E-state index in [1.807, 2.05) is 0 Å². The van der Waals surface area contributed by atoms with Crippen LogP contribution >= 0.6 is 0 Å². The number of carbonyl (C=O) groups is 1. The zero-order valence-corrected chi connectivity index (χ0v) is 11.1. The van der Waals surface area contributed by atoms with Crippen LogP contribution in [0.2, 0.25) is 0 Å². The van der Waals surface area contributed by atoms with Gasteiger partial charge in [0.25, 0.3) is 0 Å². The van der Waals surface area contributed by atoms with Crippen molar-refractivity contribution < 1.29 is 14.6 Å². The van der Waals surface area contributed by atoms with Crippen LogP contribution in [0.1, 0.15) is 18.4 Å². The molecule has 19 heavy (non-hydrogen) atoms. The van der Waals surface area contributed by atoms with Gasteiger partial charge in [0, 0.05) is 25.4 Å². The number of benzene rings is 1. The molecule has 104 valence electrons. The molecule has 1 aromatic carbocycles. The predicted octanol–water partition coefficient (Wildman–Crippen LogP) is 1.39. The van der Waals surface area contributed by atoms with Crippen molar-refractivity contribution >= 4 is 11.6 Å². The molecule has 1 aliphatic heterocycles. The Balaban J connectivity index is 2.12. The van der Waals surface area contributed by atoms with Crippen LogP contribution in [-0.2, 0) is 9.53 Å². The van der Waals surface area contributed by atoms with E-state index in [1.54, 1.807) is 25.1 Å². The molecule has 0 unspecified atom stereocenters. The van der Waals surface area contributed by atoms with E-state index in [9.17, 15) is 9.90 Å². The molecular weight excluding hydrogens is 244 g/mol. The highest BCUT2D eigenvalue weighted by atomic mass is 16.5. The van der Waals surface area contributed by atoms with Gasteiger partial charge in [-0.05, 0) is 43.5 Å². The minimum Gasteiger partial charge on any atom is -0.508 e. The van der Waals surface area contributed by atoms with E-state index in [0.717, 1.165) is 5.56 Å². The highest BCUT2D eigenvalue weighted by Crippen LogP contribution is 2.31. The van der Waals surface area contributed by atoms with Crippen LogP contribution in [0.25, 0.3) is 0 Å². The molecule has 0 atom stereocenters. The lowest BCUT2D eigenvalue weighted by Crippen LogP contribution is -2.46. The van der Waals surface area contributed by atoms with Gasteiger partial charge in [-0.3, -0.25) is 4.79 Å². The van der Waals surface area contributed by atoms with Gasteiger partial charge >= 0.3 is 0 Å². The van der Waals surface area contributed by atoms with E-state index in [0.29, 0.717) is 38.3 Å². The molecule has 1 fully saturated rings. The van der Waals surface area contributed by atoms with Gasteiger partial charge in [-0.15, -0.1) is 0 Å². The van der Waals surface area contributed by atoms with Gasteiger partial charge < -0.3 is 20.9 Å². The third-order valence-corrected chi connectivity index (χ3v) is 3.78. The molecule has 0 spiro atoms. The van der Waals surface area contributed by atoms with Gasteiger partial charge in [0.05, 0.1) is 5.41 Å². The lowest BCUT2D eigenvalue weighted by atomic mass is 9.79. The molecule has 4 N–H and O–H groups in total. The van der Waals surface area contributed by atoms with Crippen LogP contribution < -0.4 is 11.1 Å². The van der Waals surface area contributed by atoms with E-state index in [-0.39, 0.29) is 11.7 Å². The van der Waals surface area contributed by atoms with Crippen LogP contribution in [0.3, 0.4) is 0 Å². The van der Waals surface area contributed by atoms with Crippen LogP contribution in [0.5, 0.6) is 5.75 Å². The summed E-state index contributed by atoms with van der Waals surface area (Å²) in [5.41, 5.74) is 6.66. The fraction of sp³-hybridized carbons (Fsp3) is 0.500. The molecule has 1 aromatic rings. The normalized spacial score (nSPS) is 18.0. The van der Waals surface area contributed by atoms with Gasteiger partial charge in [-0.25, -0.2) is 0 Å². The summed E-state index contributed by atoms with van der Waals surface area (Å²) in [6, 6.07) is 5.00. The second-order valence-corrected chi connectivity index (χ2v) is 5.05. The van der Waals surface area contributed by atoms with E-state index in [1.165, 1.54) is 0 Å². The molecule has 0 aromatic heterocycles.